The van der Waals surface area contributed by atoms with Gasteiger partial charge in [0.05, 0.1) is 5.97 Å². The smallest absolute Gasteiger partial charge is 0.399 e. The van der Waals surface area contributed by atoms with E-state index in [2.05, 4.69) is 13.8 Å². The van der Waals surface area contributed by atoms with Crippen LogP contribution >= 0.6 is 0 Å². The van der Waals surface area contributed by atoms with Gasteiger partial charge in [0, 0.05) is 13.2 Å². The summed E-state index contributed by atoms with van der Waals surface area (Å²) >= 11 is 0. The third kappa shape index (κ3) is 11.7. The van der Waals surface area contributed by atoms with Crippen molar-refractivity contribution in [2.75, 3.05) is 13.2 Å². The lowest BCUT2D eigenvalue weighted by Gasteiger charge is -2.08. The first-order valence-corrected chi connectivity index (χ1v) is 6.98. The summed E-state index contributed by atoms with van der Waals surface area (Å²) in [6, 6.07) is 0. The van der Waals surface area contributed by atoms with Crippen molar-refractivity contribution in [1.29, 1.82) is 5.26 Å². The van der Waals surface area contributed by atoms with Crippen molar-refractivity contribution in [2.45, 2.75) is 65.2 Å². The summed E-state index contributed by atoms with van der Waals surface area (Å²) < 4.78 is 10.7. The second kappa shape index (κ2) is 13.5. The Labute approximate surface area is 107 Å². The molecule has 17 heavy (non-hydrogen) atoms. The summed E-state index contributed by atoms with van der Waals surface area (Å²) in [5.41, 5.74) is 0. The van der Waals surface area contributed by atoms with Gasteiger partial charge in [-0.2, -0.15) is 0 Å². The molecule has 4 heteroatoms. The van der Waals surface area contributed by atoms with Crippen LogP contribution in [0.15, 0.2) is 0 Å². The van der Waals surface area contributed by atoms with Gasteiger partial charge in [0.1, 0.15) is 0 Å². The predicted molar refractivity (Wildman–Crippen MR) is 71.6 cm³/mol. The third-order valence-corrected chi connectivity index (χ3v) is 2.64. The largest absolute Gasteiger partial charge is 0.578 e. The van der Waals surface area contributed by atoms with Crippen LogP contribution in [0.25, 0.3) is 0 Å². The van der Waals surface area contributed by atoms with Gasteiger partial charge in [-0.05, 0) is 12.8 Å². The number of unbranched alkanes of at least 4 members (excludes halogenated alkanes) is 6. The lowest BCUT2D eigenvalue weighted by Crippen LogP contribution is -2.22. The molecule has 0 N–H and O–H groups in total. The van der Waals surface area contributed by atoms with Gasteiger partial charge in [0.15, 0.2) is 0 Å². The molecular formula is C13H26BNO2. The SMILES string of the molecule is CCCCCCOB(C#N)OCCCCCC. The van der Waals surface area contributed by atoms with Crippen LogP contribution in [-0.2, 0) is 9.31 Å². The normalized spacial score (nSPS) is 10.2. The lowest BCUT2D eigenvalue weighted by atomic mass is 9.94. The molecule has 0 rings (SSSR count). The van der Waals surface area contributed by atoms with Gasteiger partial charge in [-0.3, -0.25) is 0 Å². The summed E-state index contributed by atoms with van der Waals surface area (Å²) in [4.78, 5) is 0. The number of hydrogen-bond donors (Lipinski definition) is 0. The second-order valence-corrected chi connectivity index (χ2v) is 4.32. The Morgan fingerprint density at radius 2 is 1.29 bits per heavy atom. The van der Waals surface area contributed by atoms with Crippen LogP contribution in [0, 0.1) is 11.2 Å². The molecule has 0 saturated heterocycles. The predicted octanol–water partition coefficient (Wildman–Crippen LogP) is 3.73. The Kier molecular flexibility index (Phi) is 13.1. The molecule has 0 aliphatic carbocycles. The molecule has 0 radical (unpaired) electrons. The highest BCUT2D eigenvalue weighted by molar-refractivity contribution is 6.53. The molecule has 3 nitrogen and oxygen atoms in total. The summed E-state index contributed by atoms with van der Waals surface area (Å²) in [7, 11) is -0.668. The first-order chi connectivity index (χ1) is 8.35. The van der Waals surface area contributed by atoms with E-state index < -0.39 is 7.12 Å². The van der Waals surface area contributed by atoms with Crippen molar-refractivity contribution < 1.29 is 9.31 Å². The zero-order chi connectivity index (χ0) is 12.8. The van der Waals surface area contributed by atoms with E-state index in [0.29, 0.717) is 13.2 Å². The van der Waals surface area contributed by atoms with Gasteiger partial charge in [-0.15, -0.1) is 0 Å². The molecule has 0 amide bonds. The maximum absolute atomic E-state index is 8.83. The Balaban J connectivity index is 3.34. The lowest BCUT2D eigenvalue weighted by molar-refractivity contribution is 0.200. The maximum atomic E-state index is 8.83. The minimum atomic E-state index is -0.668. The average Bonchev–Trinajstić information content (AvgIpc) is 2.36. The Bertz CT molecular complexity index is 180. The quantitative estimate of drug-likeness (QED) is 0.385. The molecule has 0 atom stereocenters. The molecule has 0 spiro atoms. The summed E-state index contributed by atoms with van der Waals surface area (Å²) in [5, 5.41) is 8.83. The van der Waals surface area contributed by atoms with Crippen molar-refractivity contribution in [3.63, 3.8) is 0 Å². The summed E-state index contributed by atoms with van der Waals surface area (Å²) in [6.45, 7) is 5.62. The van der Waals surface area contributed by atoms with Crippen LogP contribution in [0.1, 0.15) is 65.2 Å². The average molecular weight is 239 g/mol. The highest BCUT2D eigenvalue weighted by Crippen LogP contribution is 2.02. The van der Waals surface area contributed by atoms with Crippen molar-refractivity contribution in [1.82, 2.24) is 0 Å². The highest BCUT2D eigenvalue weighted by atomic mass is 16.6. The monoisotopic (exact) mass is 239 g/mol. The molecular weight excluding hydrogens is 213 g/mol. The van der Waals surface area contributed by atoms with E-state index in [0.717, 1.165) is 12.8 Å². The molecule has 0 aliphatic heterocycles. The molecule has 0 aromatic rings. The van der Waals surface area contributed by atoms with E-state index in [9.17, 15) is 0 Å². The van der Waals surface area contributed by atoms with E-state index in [4.69, 9.17) is 14.6 Å². The van der Waals surface area contributed by atoms with Crippen molar-refractivity contribution in [3.8, 4) is 5.97 Å². The van der Waals surface area contributed by atoms with Crippen molar-refractivity contribution >= 4 is 7.12 Å². The molecule has 0 aliphatic rings. The van der Waals surface area contributed by atoms with Crippen LogP contribution in [0.2, 0.25) is 0 Å². The van der Waals surface area contributed by atoms with Crippen LogP contribution in [0.3, 0.4) is 0 Å². The van der Waals surface area contributed by atoms with E-state index in [1.54, 1.807) is 0 Å². The van der Waals surface area contributed by atoms with Crippen molar-refractivity contribution in [2.24, 2.45) is 0 Å². The molecule has 98 valence electrons. The Hall–Kier alpha value is -0.525. The fraction of sp³-hybridized carbons (Fsp3) is 0.923. The van der Waals surface area contributed by atoms with Crippen LogP contribution < -0.4 is 0 Å². The van der Waals surface area contributed by atoms with E-state index in [1.807, 2.05) is 5.97 Å². The second-order valence-electron chi connectivity index (χ2n) is 4.32. The highest BCUT2D eigenvalue weighted by Gasteiger charge is 2.16. The number of rotatable bonds is 12. The molecule has 0 fully saturated rings. The third-order valence-electron chi connectivity index (χ3n) is 2.64. The zero-order valence-electron chi connectivity index (χ0n) is 11.4. The van der Waals surface area contributed by atoms with Crippen molar-refractivity contribution in [3.05, 3.63) is 0 Å². The van der Waals surface area contributed by atoms with Gasteiger partial charge >= 0.3 is 7.12 Å². The van der Waals surface area contributed by atoms with Gasteiger partial charge in [0.2, 0.25) is 0 Å². The topological polar surface area (TPSA) is 42.2 Å². The summed E-state index contributed by atoms with van der Waals surface area (Å²) in [6.07, 6.45) is 9.29. The van der Waals surface area contributed by atoms with E-state index in [1.165, 1.54) is 38.5 Å². The molecule has 0 unspecified atom stereocenters. The first kappa shape index (κ1) is 16.5. The van der Waals surface area contributed by atoms with Gasteiger partial charge in [-0.25, -0.2) is 5.26 Å². The minimum absolute atomic E-state index is 0.632. The number of hydrogen-bond acceptors (Lipinski definition) is 3. The van der Waals surface area contributed by atoms with Gasteiger partial charge in [-0.1, -0.05) is 52.4 Å². The number of nitriles is 1. The van der Waals surface area contributed by atoms with Crippen LogP contribution in [-0.4, -0.2) is 20.3 Å². The minimum Gasteiger partial charge on any atom is -0.399 e. The molecule has 0 bridgehead atoms. The molecule has 0 aromatic heterocycles. The van der Waals surface area contributed by atoms with Crippen LogP contribution in [0.5, 0.6) is 0 Å². The fourth-order valence-electron chi connectivity index (χ4n) is 1.56. The Morgan fingerprint density at radius 3 is 1.65 bits per heavy atom. The maximum Gasteiger partial charge on any atom is 0.578 e. The van der Waals surface area contributed by atoms with Gasteiger partial charge in [0.25, 0.3) is 0 Å². The summed E-state index contributed by atoms with van der Waals surface area (Å²) in [5.74, 6) is 2.04. The molecule has 0 aromatic carbocycles. The van der Waals surface area contributed by atoms with Gasteiger partial charge < -0.3 is 9.31 Å². The number of nitrogens with zero attached hydrogens (tertiary/aromatic N) is 1. The molecule has 0 saturated carbocycles. The van der Waals surface area contributed by atoms with Crippen LogP contribution in [0.4, 0.5) is 0 Å². The first-order valence-electron chi connectivity index (χ1n) is 6.98. The standard InChI is InChI=1S/C13H26BNO2/c1-3-5-7-9-11-16-14(13-15)17-12-10-8-6-4-2/h3-12H2,1-2H3. The fourth-order valence-corrected chi connectivity index (χ4v) is 1.56. The van der Waals surface area contributed by atoms with E-state index in [-0.39, 0.29) is 0 Å². The Morgan fingerprint density at radius 1 is 0.824 bits per heavy atom. The molecule has 0 heterocycles. The van der Waals surface area contributed by atoms with E-state index >= 15 is 0 Å². The zero-order valence-corrected chi connectivity index (χ0v) is 11.4.